The summed E-state index contributed by atoms with van der Waals surface area (Å²) in [6.45, 7) is 6.20. The zero-order valence-electron chi connectivity index (χ0n) is 12.5. The van der Waals surface area contributed by atoms with Crippen molar-refractivity contribution in [2.24, 2.45) is 5.73 Å². The van der Waals surface area contributed by atoms with E-state index in [2.05, 4.69) is 15.6 Å². The van der Waals surface area contributed by atoms with Gasteiger partial charge in [-0.1, -0.05) is 6.92 Å². The summed E-state index contributed by atoms with van der Waals surface area (Å²) in [6, 6.07) is 2.71. The number of nitrogens with one attached hydrogen (secondary N) is 2. The Balaban J connectivity index is 3.02. The van der Waals surface area contributed by atoms with Gasteiger partial charge in [-0.05, 0) is 20.3 Å². The summed E-state index contributed by atoms with van der Waals surface area (Å²) >= 11 is 0. The van der Waals surface area contributed by atoms with Gasteiger partial charge >= 0.3 is 0 Å². The summed E-state index contributed by atoms with van der Waals surface area (Å²) in [5, 5.41) is 17.0. The fraction of sp³-hybridized carbons (Fsp3) is 0.538. The van der Waals surface area contributed by atoms with E-state index in [0.717, 1.165) is 6.42 Å². The van der Waals surface area contributed by atoms with Crippen LogP contribution < -0.4 is 16.4 Å². The monoisotopic (exact) mass is 295 g/mol. The third-order valence-corrected chi connectivity index (χ3v) is 2.66. The lowest BCUT2D eigenvalue weighted by molar-refractivity contribution is -0.384. The molecule has 1 aromatic rings. The molecule has 21 heavy (non-hydrogen) atoms. The molecule has 1 amide bonds. The predicted molar refractivity (Wildman–Crippen MR) is 81.2 cm³/mol. The zero-order chi connectivity index (χ0) is 16.0. The van der Waals surface area contributed by atoms with E-state index in [0.29, 0.717) is 18.2 Å². The van der Waals surface area contributed by atoms with E-state index >= 15 is 0 Å². The summed E-state index contributed by atoms with van der Waals surface area (Å²) in [7, 11) is 0. The lowest BCUT2D eigenvalue weighted by Gasteiger charge is -2.25. The van der Waals surface area contributed by atoms with Crippen LogP contribution in [0.15, 0.2) is 12.1 Å². The molecule has 1 rings (SSSR count). The Morgan fingerprint density at radius 1 is 1.43 bits per heavy atom. The number of nitro groups is 1. The highest BCUT2D eigenvalue weighted by molar-refractivity contribution is 5.75. The van der Waals surface area contributed by atoms with Gasteiger partial charge < -0.3 is 16.4 Å². The first-order valence-corrected chi connectivity index (χ1v) is 6.70. The molecule has 0 atom stereocenters. The number of anilines is 2. The first-order chi connectivity index (χ1) is 9.73. The van der Waals surface area contributed by atoms with E-state index < -0.39 is 16.4 Å². The molecule has 0 bridgehead atoms. The van der Waals surface area contributed by atoms with E-state index in [1.807, 2.05) is 6.92 Å². The van der Waals surface area contributed by atoms with E-state index in [1.54, 1.807) is 13.8 Å². The van der Waals surface area contributed by atoms with Crippen molar-refractivity contribution in [3.63, 3.8) is 0 Å². The molecule has 0 saturated heterocycles. The van der Waals surface area contributed by atoms with Crippen LogP contribution in [0, 0.1) is 10.1 Å². The number of hydrogen-bond acceptors (Lipinski definition) is 6. The smallest absolute Gasteiger partial charge is 0.276 e. The number of carbonyl (C=O) groups excluding carboxylic acids is 1. The van der Waals surface area contributed by atoms with Crippen molar-refractivity contribution in [2.45, 2.75) is 39.2 Å². The van der Waals surface area contributed by atoms with Crippen molar-refractivity contribution in [3.05, 3.63) is 22.2 Å². The van der Waals surface area contributed by atoms with Crippen LogP contribution in [-0.2, 0) is 4.79 Å². The number of aromatic nitrogens is 1. The van der Waals surface area contributed by atoms with Crippen molar-refractivity contribution in [1.29, 1.82) is 0 Å². The minimum Gasteiger partial charge on any atom is -0.370 e. The molecule has 0 unspecified atom stereocenters. The normalized spacial score (nSPS) is 11.0. The van der Waals surface area contributed by atoms with Crippen molar-refractivity contribution in [1.82, 2.24) is 4.98 Å². The number of amides is 1. The number of nitrogens with zero attached hydrogens (tertiary/aromatic N) is 2. The third-order valence-electron chi connectivity index (χ3n) is 2.66. The van der Waals surface area contributed by atoms with Crippen LogP contribution in [-0.4, -0.2) is 27.9 Å². The summed E-state index contributed by atoms with van der Waals surface area (Å²) < 4.78 is 0. The first-order valence-electron chi connectivity index (χ1n) is 6.70. The maximum Gasteiger partial charge on any atom is 0.276 e. The van der Waals surface area contributed by atoms with Crippen molar-refractivity contribution < 1.29 is 9.72 Å². The molecule has 0 aliphatic heterocycles. The molecule has 4 N–H and O–H groups in total. The molecule has 8 heteroatoms. The second-order valence-electron chi connectivity index (χ2n) is 5.43. The number of primary amides is 1. The van der Waals surface area contributed by atoms with Gasteiger partial charge in [0.15, 0.2) is 0 Å². The van der Waals surface area contributed by atoms with Gasteiger partial charge in [0, 0.05) is 18.5 Å². The van der Waals surface area contributed by atoms with Gasteiger partial charge in [0.1, 0.15) is 11.6 Å². The van der Waals surface area contributed by atoms with Crippen LogP contribution in [0.1, 0.15) is 33.6 Å². The Bertz CT molecular complexity index is 531. The molecule has 0 saturated carbocycles. The summed E-state index contributed by atoms with van der Waals surface area (Å²) in [5.74, 6) is 0.291. The third kappa shape index (κ3) is 5.64. The van der Waals surface area contributed by atoms with E-state index in [-0.39, 0.29) is 12.1 Å². The molecule has 116 valence electrons. The minimum atomic E-state index is -0.643. The topological polar surface area (TPSA) is 123 Å². The highest BCUT2D eigenvalue weighted by Crippen LogP contribution is 2.24. The number of nitrogens with two attached hydrogens (primary N) is 1. The second-order valence-corrected chi connectivity index (χ2v) is 5.43. The van der Waals surface area contributed by atoms with E-state index in [9.17, 15) is 14.9 Å². The van der Waals surface area contributed by atoms with Crippen LogP contribution >= 0.6 is 0 Å². The van der Waals surface area contributed by atoms with Gasteiger partial charge in [0.05, 0.1) is 17.1 Å². The molecule has 0 radical (unpaired) electrons. The van der Waals surface area contributed by atoms with Crippen LogP contribution in [0.2, 0.25) is 0 Å². The molecule has 0 spiro atoms. The molecular formula is C13H21N5O3. The van der Waals surface area contributed by atoms with Crippen molar-refractivity contribution >= 4 is 23.2 Å². The Morgan fingerprint density at radius 3 is 2.57 bits per heavy atom. The van der Waals surface area contributed by atoms with Gasteiger partial charge in [-0.3, -0.25) is 14.9 Å². The van der Waals surface area contributed by atoms with Crippen LogP contribution in [0.3, 0.4) is 0 Å². The Hall–Kier alpha value is -2.38. The lowest BCUT2D eigenvalue weighted by Crippen LogP contribution is -2.36. The molecular weight excluding hydrogens is 274 g/mol. The molecule has 1 aromatic heterocycles. The lowest BCUT2D eigenvalue weighted by atomic mass is 10.0. The average molecular weight is 295 g/mol. The van der Waals surface area contributed by atoms with E-state index in [1.165, 1.54) is 12.1 Å². The van der Waals surface area contributed by atoms with Crippen molar-refractivity contribution in [2.75, 3.05) is 17.2 Å². The number of hydrogen-bond donors (Lipinski definition) is 3. The fourth-order valence-electron chi connectivity index (χ4n) is 1.86. The maximum absolute atomic E-state index is 11.0. The van der Waals surface area contributed by atoms with Crippen LogP contribution in [0.25, 0.3) is 0 Å². The average Bonchev–Trinajstić information content (AvgIpc) is 2.33. The Morgan fingerprint density at radius 2 is 2.05 bits per heavy atom. The molecule has 8 nitrogen and oxygen atoms in total. The van der Waals surface area contributed by atoms with Gasteiger partial charge in [-0.15, -0.1) is 0 Å². The zero-order valence-corrected chi connectivity index (χ0v) is 12.5. The first kappa shape index (κ1) is 16.7. The summed E-state index contributed by atoms with van der Waals surface area (Å²) in [5.41, 5.74) is 4.47. The molecule has 1 heterocycles. The van der Waals surface area contributed by atoms with Gasteiger partial charge in [0.2, 0.25) is 5.91 Å². The predicted octanol–water partition coefficient (Wildman–Crippen LogP) is 1.88. The van der Waals surface area contributed by atoms with Gasteiger partial charge in [-0.2, -0.15) is 0 Å². The fourth-order valence-corrected chi connectivity index (χ4v) is 1.86. The highest BCUT2D eigenvalue weighted by atomic mass is 16.6. The largest absolute Gasteiger partial charge is 0.370 e. The van der Waals surface area contributed by atoms with Crippen LogP contribution in [0.5, 0.6) is 0 Å². The SMILES string of the molecule is CCCNc1cc([N+](=O)[O-])cc(NC(C)(C)CC(N)=O)n1. The van der Waals surface area contributed by atoms with Gasteiger partial charge in [-0.25, -0.2) is 4.98 Å². The Labute approximate surface area is 123 Å². The minimum absolute atomic E-state index is 0.0685. The number of rotatable bonds is 8. The molecule has 0 aromatic carbocycles. The Kier molecular flexibility index (Phi) is 5.45. The second kappa shape index (κ2) is 6.87. The molecule has 0 aliphatic rings. The summed E-state index contributed by atoms with van der Waals surface area (Å²) in [4.78, 5) is 25.8. The van der Waals surface area contributed by atoms with Crippen molar-refractivity contribution in [3.8, 4) is 0 Å². The quantitative estimate of drug-likeness (QED) is 0.497. The van der Waals surface area contributed by atoms with Gasteiger partial charge in [0.25, 0.3) is 5.69 Å². The van der Waals surface area contributed by atoms with E-state index in [4.69, 9.17) is 5.73 Å². The maximum atomic E-state index is 11.0. The molecule has 0 aliphatic carbocycles. The number of carbonyl (C=O) groups is 1. The standard InChI is InChI=1S/C13H21N5O3/c1-4-5-15-11-6-9(18(20)21)7-12(16-11)17-13(2,3)8-10(14)19/h6-7H,4-5,8H2,1-3H3,(H2,14,19)(H2,15,16,17). The van der Waals surface area contributed by atoms with Crippen LogP contribution in [0.4, 0.5) is 17.3 Å². The highest BCUT2D eigenvalue weighted by Gasteiger charge is 2.22. The number of pyridine rings is 1. The molecule has 0 fully saturated rings. The summed E-state index contributed by atoms with van der Waals surface area (Å²) in [6.07, 6.45) is 0.968.